The Balaban J connectivity index is 1.66. The minimum atomic E-state index is -3.62. The van der Waals surface area contributed by atoms with Crippen LogP contribution in [0.5, 0.6) is 0 Å². The van der Waals surface area contributed by atoms with E-state index in [0.29, 0.717) is 11.3 Å². The first-order chi connectivity index (χ1) is 12.5. The first kappa shape index (κ1) is 16.4. The Bertz CT molecular complexity index is 1160. The van der Waals surface area contributed by atoms with Crippen LogP contribution < -0.4 is 4.72 Å². The highest BCUT2D eigenvalue weighted by Gasteiger charge is 2.15. The van der Waals surface area contributed by atoms with E-state index in [-0.39, 0.29) is 4.90 Å². The molecule has 0 bridgehead atoms. The van der Waals surface area contributed by atoms with Crippen molar-refractivity contribution in [1.29, 1.82) is 0 Å². The molecule has 5 heteroatoms. The molecule has 130 valence electrons. The first-order valence-electron chi connectivity index (χ1n) is 8.20. The van der Waals surface area contributed by atoms with Crippen molar-refractivity contribution in [1.82, 2.24) is 0 Å². The van der Waals surface area contributed by atoms with E-state index < -0.39 is 10.0 Å². The molecule has 0 atom stereocenters. The zero-order valence-electron chi connectivity index (χ0n) is 14.1. The van der Waals surface area contributed by atoms with Gasteiger partial charge in [0.15, 0.2) is 0 Å². The van der Waals surface area contributed by atoms with Crippen LogP contribution in [0.2, 0.25) is 0 Å². The Morgan fingerprint density at radius 2 is 1.58 bits per heavy atom. The quantitative estimate of drug-likeness (QED) is 0.541. The summed E-state index contributed by atoms with van der Waals surface area (Å²) in [6.07, 6.45) is 0. The van der Waals surface area contributed by atoms with Gasteiger partial charge in [-0.3, -0.25) is 4.72 Å². The van der Waals surface area contributed by atoms with Crippen molar-refractivity contribution >= 4 is 26.7 Å². The molecule has 4 nitrogen and oxygen atoms in total. The Morgan fingerprint density at radius 3 is 2.31 bits per heavy atom. The van der Waals surface area contributed by atoms with Gasteiger partial charge in [0.05, 0.1) is 4.90 Å². The van der Waals surface area contributed by atoms with Gasteiger partial charge >= 0.3 is 0 Å². The van der Waals surface area contributed by atoms with Crippen LogP contribution >= 0.6 is 0 Å². The lowest BCUT2D eigenvalue weighted by Gasteiger charge is -2.08. The van der Waals surface area contributed by atoms with Crippen molar-refractivity contribution in [3.8, 4) is 11.3 Å². The number of aryl methyl sites for hydroxylation is 1. The highest BCUT2D eigenvalue weighted by Crippen LogP contribution is 2.30. The molecule has 0 saturated heterocycles. The SMILES string of the molecule is Cc1ccc(S(=O)(=O)Nc2ccc3oc(-c4ccccc4)cc3c2)cc1. The van der Waals surface area contributed by atoms with Gasteiger partial charge in [0.25, 0.3) is 10.0 Å². The van der Waals surface area contributed by atoms with Crippen LogP contribution in [-0.4, -0.2) is 8.42 Å². The summed E-state index contributed by atoms with van der Waals surface area (Å²) in [5.41, 5.74) is 3.20. The Labute approximate surface area is 152 Å². The standard InChI is InChI=1S/C21H17NO3S/c1-15-7-10-19(11-8-15)26(23,24)22-18-9-12-20-17(13-18)14-21(25-20)16-5-3-2-4-6-16/h2-14,22H,1H3. The molecular weight excluding hydrogens is 346 g/mol. The van der Waals surface area contributed by atoms with Crippen molar-refractivity contribution in [3.63, 3.8) is 0 Å². The molecule has 0 fully saturated rings. The Morgan fingerprint density at radius 1 is 0.846 bits per heavy atom. The van der Waals surface area contributed by atoms with Crippen molar-refractivity contribution in [2.75, 3.05) is 4.72 Å². The summed E-state index contributed by atoms with van der Waals surface area (Å²) >= 11 is 0. The summed E-state index contributed by atoms with van der Waals surface area (Å²) in [5.74, 6) is 0.749. The number of anilines is 1. The Hall–Kier alpha value is -3.05. The number of fused-ring (bicyclic) bond motifs is 1. The second-order valence-corrected chi connectivity index (χ2v) is 7.83. The highest BCUT2D eigenvalue weighted by atomic mass is 32.2. The van der Waals surface area contributed by atoms with Gasteiger partial charge in [-0.05, 0) is 43.3 Å². The molecule has 1 N–H and O–H groups in total. The molecular formula is C21H17NO3S. The van der Waals surface area contributed by atoms with E-state index >= 15 is 0 Å². The smallest absolute Gasteiger partial charge is 0.261 e. The molecule has 0 aliphatic heterocycles. The minimum Gasteiger partial charge on any atom is -0.456 e. The minimum absolute atomic E-state index is 0.236. The lowest BCUT2D eigenvalue weighted by Crippen LogP contribution is -2.12. The molecule has 1 aromatic heterocycles. The molecule has 0 saturated carbocycles. The van der Waals surface area contributed by atoms with Crippen LogP contribution in [0.25, 0.3) is 22.3 Å². The zero-order chi connectivity index (χ0) is 18.1. The van der Waals surface area contributed by atoms with E-state index in [9.17, 15) is 8.42 Å². The number of hydrogen-bond acceptors (Lipinski definition) is 3. The summed E-state index contributed by atoms with van der Waals surface area (Å²) in [6, 6.07) is 23.7. The maximum Gasteiger partial charge on any atom is 0.261 e. The van der Waals surface area contributed by atoms with Gasteiger partial charge in [0.1, 0.15) is 11.3 Å². The summed E-state index contributed by atoms with van der Waals surface area (Å²) < 4.78 is 33.6. The van der Waals surface area contributed by atoms with Crippen LogP contribution in [0.3, 0.4) is 0 Å². The molecule has 0 unspecified atom stereocenters. The molecule has 0 aliphatic rings. The summed E-state index contributed by atoms with van der Waals surface area (Å²) in [4.78, 5) is 0.236. The van der Waals surface area contributed by atoms with E-state index in [1.807, 2.05) is 43.3 Å². The molecule has 0 amide bonds. The van der Waals surface area contributed by atoms with Crippen LogP contribution in [0.4, 0.5) is 5.69 Å². The van der Waals surface area contributed by atoms with Gasteiger partial charge < -0.3 is 4.42 Å². The third kappa shape index (κ3) is 3.21. The van der Waals surface area contributed by atoms with Crippen molar-refractivity contribution in [3.05, 3.63) is 84.4 Å². The molecule has 4 aromatic rings. The lowest BCUT2D eigenvalue weighted by molar-refractivity contribution is 0.601. The third-order valence-corrected chi connectivity index (χ3v) is 5.56. The predicted molar refractivity (Wildman–Crippen MR) is 104 cm³/mol. The highest BCUT2D eigenvalue weighted by molar-refractivity contribution is 7.92. The molecule has 0 aliphatic carbocycles. The first-order valence-corrected chi connectivity index (χ1v) is 9.68. The number of furan rings is 1. The van der Waals surface area contributed by atoms with E-state index in [1.54, 1.807) is 42.5 Å². The second-order valence-electron chi connectivity index (χ2n) is 6.15. The molecule has 0 radical (unpaired) electrons. The normalized spacial score (nSPS) is 11.6. The van der Waals surface area contributed by atoms with Crippen LogP contribution in [-0.2, 0) is 10.0 Å². The summed E-state index contributed by atoms with van der Waals surface area (Å²) in [5, 5.41) is 0.841. The number of rotatable bonds is 4. The number of nitrogens with one attached hydrogen (secondary N) is 1. The zero-order valence-corrected chi connectivity index (χ0v) is 15.0. The van der Waals surface area contributed by atoms with Gasteiger partial charge in [0.2, 0.25) is 0 Å². The van der Waals surface area contributed by atoms with Crippen molar-refractivity contribution < 1.29 is 12.8 Å². The third-order valence-electron chi connectivity index (χ3n) is 4.16. The van der Waals surface area contributed by atoms with Crippen molar-refractivity contribution in [2.45, 2.75) is 11.8 Å². The average Bonchev–Trinajstić information content (AvgIpc) is 3.06. The van der Waals surface area contributed by atoms with Gasteiger partial charge in [-0.25, -0.2) is 8.42 Å². The fraction of sp³-hybridized carbons (Fsp3) is 0.0476. The maximum absolute atomic E-state index is 12.5. The Kier molecular flexibility index (Phi) is 4.01. The lowest BCUT2D eigenvalue weighted by atomic mass is 10.1. The van der Waals surface area contributed by atoms with Crippen LogP contribution in [0, 0.1) is 6.92 Å². The topological polar surface area (TPSA) is 59.3 Å². The monoisotopic (exact) mass is 363 g/mol. The van der Waals surface area contributed by atoms with E-state index in [1.165, 1.54) is 0 Å². The second kappa shape index (κ2) is 6.35. The molecule has 26 heavy (non-hydrogen) atoms. The number of hydrogen-bond donors (Lipinski definition) is 1. The average molecular weight is 363 g/mol. The molecule has 4 rings (SSSR count). The van der Waals surface area contributed by atoms with E-state index in [2.05, 4.69) is 4.72 Å². The van der Waals surface area contributed by atoms with Gasteiger partial charge in [-0.15, -0.1) is 0 Å². The van der Waals surface area contributed by atoms with Gasteiger partial charge in [0, 0.05) is 16.6 Å². The number of sulfonamides is 1. The molecule has 3 aromatic carbocycles. The fourth-order valence-corrected chi connectivity index (χ4v) is 3.83. The predicted octanol–water partition coefficient (Wildman–Crippen LogP) is 5.21. The number of benzene rings is 3. The molecule has 0 spiro atoms. The van der Waals surface area contributed by atoms with Gasteiger partial charge in [-0.2, -0.15) is 0 Å². The summed E-state index contributed by atoms with van der Waals surface area (Å²) in [7, 11) is -3.62. The van der Waals surface area contributed by atoms with Gasteiger partial charge in [-0.1, -0.05) is 48.0 Å². The fourth-order valence-electron chi connectivity index (χ4n) is 2.78. The maximum atomic E-state index is 12.5. The molecule has 1 heterocycles. The van der Waals surface area contributed by atoms with Crippen molar-refractivity contribution in [2.24, 2.45) is 0 Å². The van der Waals surface area contributed by atoms with E-state index in [0.717, 1.165) is 22.3 Å². The van der Waals surface area contributed by atoms with Crippen LogP contribution in [0.1, 0.15) is 5.56 Å². The summed E-state index contributed by atoms with van der Waals surface area (Å²) in [6.45, 7) is 1.92. The van der Waals surface area contributed by atoms with Crippen LogP contribution in [0.15, 0.2) is 88.2 Å². The largest absolute Gasteiger partial charge is 0.456 e. The van der Waals surface area contributed by atoms with E-state index in [4.69, 9.17) is 4.42 Å².